The van der Waals surface area contributed by atoms with Crippen LogP contribution in [0.25, 0.3) is 0 Å². The molecule has 0 amide bonds. The molecule has 0 saturated carbocycles. The Morgan fingerprint density at radius 3 is 2.82 bits per heavy atom. The third kappa shape index (κ3) is 1.45. The fraction of sp³-hybridized carbons (Fsp3) is 0.286. The van der Waals surface area contributed by atoms with Gasteiger partial charge in [-0.2, -0.15) is 0 Å². The molecule has 0 aromatic carbocycles. The smallest absolute Gasteiger partial charge is 0.327 e. The van der Waals surface area contributed by atoms with E-state index < -0.39 is 10.3 Å². The zero-order valence-electron chi connectivity index (χ0n) is 5.87. The Hall–Kier alpha value is -0.770. The van der Waals surface area contributed by atoms with Crippen LogP contribution >= 0.6 is 15.9 Å². The quantitative estimate of drug-likeness (QED) is 0.773. The molecular weight excluding hydrogens is 212 g/mol. The SMILES string of the molecule is CC(Br)(C(=O)O)c1ccco1. The standard InChI is InChI=1S/C7H7BrO3/c1-7(8,6(9)10)5-3-2-4-11-5/h2-4H,1H3,(H,9,10). The summed E-state index contributed by atoms with van der Waals surface area (Å²) in [6.45, 7) is 1.52. The molecule has 1 rings (SSSR count). The minimum Gasteiger partial charge on any atom is -0.480 e. The molecule has 1 unspecified atom stereocenters. The number of carbonyl (C=O) groups is 1. The minimum absolute atomic E-state index is 0.394. The van der Waals surface area contributed by atoms with Crippen LogP contribution in [0.3, 0.4) is 0 Å². The Bertz CT molecular complexity index is 251. The zero-order valence-corrected chi connectivity index (χ0v) is 7.46. The topological polar surface area (TPSA) is 50.4 Å². The van der Waals surface area contributed by atoms with Crippen molar-refractivity contribution in [2.45, 2.75) is 11.2 Å². The van der Waals surface area contributed by atoms with Gasteiger partial charge in [-0.3, -0.25) is 4.79 Å². The molecule has 0 aliphatic heterocycles. The Kier molecular flexibility index (Phi) is 2.04. The number of alkyl halides is 1. The van der Waals surface area contributed by atoms with Crippen molar-refractivity contribution in [2.24, 2.45) is 0 Å². The number of rotatable bonds is 2. The highest BCUT2D eigenvalue weighted by atomic mass is 79.9. The summed E-state index contributed by atoms with van der Waals surface area (Å²) in [5.74, 6) is -0.572. The van der Waals surface area contributed by atoms with E-state index in [0.717, 1.165) is 0 Å². The van der Waals surface area contributed by atoms with Crippen molar-refractivity contribution < 1.29 is 14.3 Å². The molecule has 0 bridgehead atoms. The predicted molar refractivity (Wildman–Crippen MR) is 42.6 cm³/mol. The highest BCUT2D eigenvalue weighted by Crippen LogP contribution is 2.30. The number of halogens is 1. The molecule has 60 valence electrons. The van der Waals surface area contributed by atoms with E-state index in [2.05, 4.69) is 15.9 Å². The van der Waals surface area contributed by atoms with Gasteiger partial charge < -0.3 is 9.52 Å². The second-order valence-electron chi connectivity index (χ2n) is 2.29. The lowest BCUT2D eigenvalue weighted by atomic mass is 10.1. The monoisotopic (exact) mass is 218 g/mol. The molecule has 0 saturated heterocycles. The molecule has 3 nitrogen and oxygen atoms in total. The van der Waals surface area contributed by atoms with E-state index in [1.807, 2.05) is 0 Å². The van der Waals surface area contributed by atoms with E-state index in [9.17, 15) is 4.79 Å². The van der Waals surface area contributed by atoms with Crippen LogP contribution in [0.4, 0.5) is 0 Å². The molecule has 0 aliphatic carbocycles. The Labute approximate surface area is 72.1 Å². The summed E-state index contributed by atoms with van der Waals surface area (Å²) in [6, 6.07) is 3.26. The summed E-state index contributed by atoms with van der Waals surface area (Å²) >= 11 is 3.04. The molecule has 1 atom stereocenters. The van der Waals surface area contributed by atoms with Crippen LogP contribution in [-0.2, 0) is 9.12 Å². The molecule has 0 aliphatic rings. The van der Waals surface area contributed by atoms with Crippen molar-refractivity contribution in [3.63, 3.8) is 0 Å². The lowest BCUT2D eigenvalue weighted by molar-refractivity contribution is -0.139. The first-order valence-corrected chi connectivity index (χ1v) is 3.80. The Balaban J connectivity index is 3.00. The van der Waals surface area contributed by atoms with Crippen molar-refractivity contribution in [3.05, 3.63) is 24.2 Å². The first kappa shape index (κ1) is 8.33. The molecule has 1 heterocycles. The van der Waals surface area contributed by atoms with Gasteiger partial charge in [-0.1, -0.05) is 15.9 Å². The average molecular weight is 219 g/mol. The van der Waals surface area contributed by atoms with Gasteiger partial charge in [0.05, 0.1) is 6.26 Å². The highest BCUT2D eigenvalue weighted by Gasteiger charge is 2.34. The molecule has 0 spiro atoms. The van der Waals surface area contributed by atoms with Gasteiger partial charge in [0.1, 0.15) is 5.76 Å². The molecule has 1 aromatic heterocycles. The number of carboxylic acids is 1. The molecule has 4 heteroatoms. The first-order chi connectivity index (χ1) is 5.05. The first-order valence-electron chi connectivity index (χ1n) is 3.01. The van der Waals surface area contributed by atoms with Gasteiger partial charge in [0.15, 0.2) is 4.32 Å². The normalized spacial score (nSPS) is 15.8. The van der Waals surface area contributed by atoms with Crippen LogP contribution in [0.1, 0.15) is 12.7 Å². The lowest BCUT2D eigenvalue weighted by Crippen LogP contribution is -2.24. The van der Waals surface area contributed by atoms with Crippen LogP contribution in [0, 0.1) is 0 Å². The van der Waals surface area contributed by atoms with Crippen molar-refractivity contribution >= 4 is 21.9 Å². The summed E-state index contributed by atoms with van der Waals surface area (Å²) in [6.07, 6.45) is 1.44. The molecule has 1 N–H and O–H groups in total. The number of furan rings is 1. The van der Waals surface area contributed by atoms with Gasteiger partial charge in [0, 0.05) is 0 Å². The average Bonchev–Trinajstić information content (AvgIpc) is 2.37. The minimum atomic E-state index is -1.11. The van der Waals surface area contributed by atoms with Crippen LogP contribution < -0.4 is 0 Å². The van der Waals surface area contributed by atoms with Crippen LogP contribution in [0.5, 0.6) is 0 Å². The summed E-state index contributed by atoms with van der Waals surface area (Å²) in [5, 5.41) is 8.71. The van der Waals surface area contributed by atoms with Crippen LogP contribution in [0.2, 0.25) is 0 Å². The highest BCUT2D eigenvalue weighted by molar-refractivity contribution is 9.10. The summed E-state index contributed by atoms with van der Waals surface area (Å²) in [5.41, 5.74) is 0. The van der Waals surface area contributed by atoms with Crippen molar-refractivity contribution in [2.75, 3.05) is 0 Å². The Morgan fingerprint density at radius 2 is 2.45 bits per heavy atom. The number of hydrogen-bond donors (Lipinski definition) is 1. The van der Waals surface area contributed by atoms with E-state index in [1.165, 1.54) is 13.2 Å². The van der Waals surface area contributed by atoms with E-state index >= 15 is 0 Å². The molecule has 1 aromatic rings. The summed E-state index contributed by atoms with van der Waals surface area (Å²) in [4.78, 5) is 10.6. The fourth-order valence-corrected chi connectivity index (χ4v) is 0.877. The van der Waals surface area contributed by atoms with Crippen molar-refractivity contribution in [1.82, 2.24) is 0 Å². The van der Waals surface area contributed by atoms with Gasteiger partial charge in [-0.15, -0.1) is 0 Å². The van der Waals surface area contributed by atoms with Crippen LogP contribution in [-0.4, -0.2) is 11.1 Å². The molecular formula is C7H7BrO3. The van der Waals surface area contributed by atoms with E-state index in [-0.39, 0.29) is 0 Å². The van der Waals surface area contributed by atoms with Crippen molar-refractivity contribution in [1.29, 1.82) is 0 Å². The third-order valence-electron chi connectivity index (χ3n) is 1.39. The summed E-state index contributed by atoms with van der Waals surface area (Å²) < 4.78 is 3.82. The second kappa shape index (κ2) is 2.70. The fourth-order valence-electron chi connectivity index (χ4n) is 0.651. The molecule has 11 heavy (non-hydrogen) atoms. The predicted octanol–water partition coefficient (Wildman–Crippen LogP) is 1.97. The van der Waals surface area contributed by atoms with Gasteiger partial charge >= 0.3 is 5.97 Å². The van der Waals surface area contributed by atoms with Gasteiger partial charge in [0.25, 0.3) is 0 Å². The van der Waals surface area contributed by atoms with Gasteiger partial charge in [-0.05, 0) is 19.1 Å². The Morgan fingerprint density at radius 1 is 1.82 bits per heavy atom. The van der Waals surface area contributed by atoms with E-state index in [0.29, 0.717) is 5.76 Å². The lowest BCUT2D eigenvalue weighted by Gasteiger charge is -2.12. The van der Waals surface area contributed by atoms with Crippen molar-refractivity contribution in [3.8, 4) is 0 Å². The largest absolute Gasteiger partial charge is 0.480 e. The van der Waals surface area contributed by atoms with Crippen LogP contribution in [0.15, 0.2) is 22.8 Å². The molecule has 0 fully saturated rings. The van der Waals surface area contributed by atoms with E-state index in [1.54, 1.807) is 12.1 Å². The number of carboxylic acid groups (broad SMARTS) is 1. The third-order valence-corrected chi connectivity index (χ3v) is 2.12. The maximum Gasteiger partial charge on any atom is 0.327 e. The maximum atomic E-state index is 10.6. The number of aliphatic carboxylic acids is 1. The molecule has 0 radical (unpaired) electrons. The van der Waals surface area contributed by atoms with Gasteiger partial charge in [0.2, 0.25) is 0 Å². The second-order valence-corrected chi connectivity index (χ2v) is 3.87. The number of hydrogen-bond acceptors (Lipinski definition) is 2. The summed E-state index contributed by atoms with van der Waals surface area (Å²) in [7, 11) is 0. The maximum absolute atomic E-state index is 10.6. The van der Waals surface area contributed by atoms with Gasteiger partial charge in [-0.25, -0.2) is 0 Å². The van der Waals surface area contributed by atoms with E-state index in [4.69, 9.17) is 9.52 Å². The zero-order chi connectivity index (χ0) is 8.48.